The van der Waals surface area contributed by atoms with Crippen LogP contribution in [0.5, 0.6) is 5.75 Å². The van der Waals surface area contributed by atoms with Crippen LogP contribution in [0.4, 0.5) is 8.78 Å². The van der Waals surface area contributed by atoms with Gasteiger partial charge in [0.1, 0.15) is 17.4 Å². The molecule has 4 heteroatoms. The number of esters is 1. The van der Waals surface area contributed by atoms with E-state index in [1.54, 1.807) is 0 Å². The van der Waals surface area contributed by atoms with Gasteiger partial charge in [0.2, 0.25) is 0 Å². The molecule has 0 bridgehead atoms. The van der Waals surface area contributed by atoms with Gasteiger partial charge in [0.05, 0.1) is 12.0 Å². The second-order valence-electron chi connectivity index (χ2n) is 3.21. The smallest absolute Gasteiger partial charge is 0.314 e. The summed E-state index contributed by atoms with van der Waals surface area (Å²) in [5.74, 6) is -2.39. The molecule has 0 spiro atoms. The molecule has 1 aromatic carbocycles. The van der Waals surface area contributed by atoms with Crippen molar-refractivity contribution in [3.05, 3.63) is 29.8 Å². The number of carbonyl (C=O) groups excluding carboxylic acids is 1. The minimum Gasteiger partial charge on any atom is -0.425 e. The molecule has 2 nitrogen and oxygen atoms in total. The second-order valence-corrected chi connectivity index (χ2v) is 3.21. The number of rotatable bonds is 2. The van der Waals surface area contributed by atoms with E-state index in [4.69, 9.17) is 4.74 Å². The van der Waals surface area contributed by atoms with Crippen molar-refractivity contribution < 1.29 is 18.3 Å². The fraction of sp³-hybridized carbons (Fsp3) is 0.300. The van der Waals surface area contributed by atoms with E-state index in [1.807, 2.05) is 0 Å². The average molecular weight is 197 g/mol. The van der Waals surface area contributed by atoms with Crippen molar-refractivity contribution in [3.8, 4) is 5.75 Å². The first-order valence-corrected chi connectivity index (χ1v) is 4.25. The molecule has 0 atom stereocenters. The molecule has 73 valence electrons. The highest BCUT2D eigenvalue weighted by Gasteiger charge is 2.31. The summed E-state index contributed by atoms with van der Waals surface area (Å²) in [7, 11) is 0. The quantitative estimate of drug-likeness (QED) is 0.536. The largest absolute Gasteiger partial charge is 0.425 e. The van der Waals surface area contributed by atoms with E-state index in [-0.39, 0.29) is 11.7 Å². The van der Waals surface area contributed by atoms with Crippen LogP contribution in [0.25, 0.3) is 0 Å². The molecule has 0 heterocycles. The summed E-state index contributed by atoms with van der Waals surface area (Å²) >= 11 is 0. The Morgan fingerprint density at radius 3 is 2.71 bits per heavy atom. The van der Waals surface area contributed by atoms with E-state index in [9.17, 15) is 13.6 Å². The van der Waals surface area contributed by atoms with Gasteiger partial charge in [-0.25, -0.2) is 8.78 Å². The van der Waals surface area contributed by atoms with E-state index in [0.29, 0.717) is 6.07 Å². The van der Waals surface area contributed by atoms with E-state index >= 15 is 0 Å². The van der Waals surface area contributed by atoms with E-state index < -0.39 is 17.6 Å². The van der Waals surface area contributed by atoms with Gasteiger partial charge in [-0.15, -0.1) is 0 Å². The molecule has 0 unspecified atom stereocenters. The molecule has 2 rings (SSSR count). The van der Waals surface area contributed by atoms with Crippen LogP contribution in [0.15, 0.2) is 12.1 Å². The maximum atomic E-state index is 12.6. The number of ether oxygens (including phenoxy) is 1. The van der Waals surface area contributed by atoms with Gasteiger partial charge < -0.3 is 4.74 Å². The Balaban J connectivity index is 2.11. The Bertz CT molecular complexity index is 352. The third-order valence-electron chi connectivity index (χ3n) is 1.90. The highest BCUT2D eigenvalue weighted by atomic mass is 19.1. The van der Waals surface area contributed by atoms with Crippen LogP contribution in [0.1, 0.15) is 12.8 Å². The standard InChI is InChI=1S/C10H7F2O2/c11-7-3-8(12)5-9(4-7)14-10(13)6-1-2-6/h3-4,6H,1-2H2. The molecule has 1 aliphatic rings. The first-order chi connectivity index (χ1) is 6.65. The van der Waals surface area contributed by atoms with Gasteiger partial charge in [0, 0.05) is 12.1 Å². The van der Waals surface area contributed by atoms with Gasteiger partial charge in [-0.2, -0.15) is 0 Å². The SMILES string of the molecule is O=C(Oc1[c]c(F)cc(F)c1)C1CC1. The molecule has 1 aliphatic carbocycles. The zero-order valence-electron chi connectivity index (χ0n) is 7.22. The van der Waals surface area contributed by atoms with Crippen molar-refractivity contribution in [2.24, 2.45) is 5.92 Å². The van der Waals surface area contributed by atoms with Crippen molar-refractivity contribution in [1.29, 1.82) is 0 Å². The summed E-state index contributed by atoms with van der Waals surface area (Å²) in [6.45, 7) is 0. The fourth-order valence-corrected chi connectivity index (χ4v) is 1.04. The summed E-state index contributed by atoms with van der Waals surface area (Å²) in [5, 5.41) is 0. The molecule has 1 aromatic rings. The zero-order valence-corrected chi connectivity index (χ0v) is 7.22. The molecule has 0 aliphatic heterocycles. The Morgan fingerprint density at radius 1 is 1.43 bits per heavy atom. The number of halogens is 2. The summed E-state index contributed by atoms with van der Waals surface area (Å²) < 4.78 is 30.0. The lowest BCUT2D eigenvalue weighted by Crippen LogP contribution is -2.10. The number of carbonyl (C=O) groups is 1. The monoisotopic (exact) mass is 197 g/mol. The number of hydrogen-bond acceptors (Lipinski definition) is 2. The maximum absolute atomic E-state index is 12.6. The van der Waals surface area contributed by atoms with Crippen LogP contribution in [0.2, 0.25) is 0 Å². The molecule has 1 fully saturated rings. The van der Waals surface area contributed by atoms with Gasteiger partial charge in [-0.1, -0.05) is 0 Å². The summed E-state index contributed by atoms with van der Waals surface area (Å²) in [4.78, 5) is 11.1. The normalized spacial score (nSPS) is 15.3. The lowest BCUT2D eigenvalue weighted by Gasteiger charge is -2.02. The highest BCUT2D eigenvalue weighted by Crippen LogP contribution is 2.30. The zero-order chi connectivity index (χ0) is 10.1. The Hall–Kier alpha value is -1.45. The maximum Gasteiger partial charge on any atom is 0.314 e. The lowest BCUT2D eigenvalue weighted by atomic mass is 10.3. The lowest BCUT2D eigenvalue weighted by molar-refractivity contribution is -0.135. The topological polar surface area (TPSA) is 26.3 Å². The van der Waals surface area contributed by atoms with Crippen LogP contribution < -0.4 is 4.74 Å². The molecular formula is C10H7F2O2. The van der Waals surface area contributed by atoms with Crippen molar-refractivity contribution in [3.63, 3.8) is 0 Å². The molecule has 0 amide bonds. The summed E-state index contributed by atoms with van der Waals surface area (Å²) in [6, 6.07) is 3.72. The molecule has 0 aromatic heterocycles. The van der Waals surface area contributed by atoms with Crippen LogP contribution in [-0.4, -0.2) is 5.97 Å². The van der Waals surface area contributed by atoms with Crippen LogP contribution in [-0.2, 0) is 4.79 Å². The Kier molecular flexibility index (Phi) is 2.19. The fourth-order valence-electron chi connectivity index (χ4n) is 1.04. The summed E-state index contributed by atoms with van der Waals surface area (Å²) in [5.41, 5.74) is 0. The first kappa shape index (κ1) is 9.12. The number of hydrogen-bond donors (Lipinski definition) is 0. The van der Waals surface area contributed by atoms with Crippen molar-refractivity contribution in [2.45, 2.75) is 12.8 Å². The minimum absolute atomic E-state index is 0.102. The van der Waals surface area contributed by atoms with E-state index in [0.717, 1.165) is 18.9 Å². The average Bonchev–Trinajstić information content (AvgIpc) is 2.82. The molecule has 0 saturated heterocycles. The van der Waals surface area contributed by atoms with Crippen LogP contribution >= 0.6 is 0 Å². The van der Waals surface area contributed by atoms with E-state index in [1.165, 1.54) is 0 Å². The van der Waals surface area contributed by atoms with Crippen molar-refractivity contribution >= 4 is 5.97 Å². The third-order valence-corrected chi connectivity index (χ3v) is 1.90. The predicted molar refractivity (Wildman–Crippen MR) is 43.6 cm³/mol. The van der Waals surface area contributed by atoms with Gasteiger partial charge >= 0.3 is 5.97 Å². The van der Waals surface area contributed by atoms with Gasteiger partial charge in [0.25, 0.3) is 0 Å². The molecule has 14 heavy (non-hydrogen) atoms. The van der Waals surface area contributed by atoms with Crippen LogP contribution in [0, 0.1) is 23.6 Å². The predicted octanol–water partition coefficient (Wildman–Crippen LogP) is 2.08. The van der Waals surface area contributed by atoms with Gasteiger partial charge in [-0.05, 0) is 12.8 Å². The van der Waals surface area contributed by atoms with Crippen molar-refractivity contribution in [2.75, 3.05) is 0 Å². The van der Waals surface area contributed by atoms with Crippen LogP contribution in [0.3, 0.4) is 0 Å². The van der Waals surface area contributed by atoms with Crippen molar-refractivity contribution in [1.82, 2.24) is 0 Å². The molecule has 1 radical (unpaired) electrons. The molecule has 0 N–H and O–H groups in total. The highest BCUT2D eigenvalue weighted by molar-refractivity contribution is 5.77. The minimum atomic E-state index is -0.872. The second kappa shape index (κ2) is 3.36. The van der Waals surface area contributed by atoms with Gasteiger partial charge in [0.15, 0.2) is 0 Å². The molecule has 1 saturated carbocycles. The first-order valence-electron chi connectivity index (χ1n) is 4.25. The Labute approximate surface area is 79.5 Å². The third kappa shape index (κ3) is 2.07. The van der Waals surface area contributed by atoms with E-state index in [2.05, 4.69) is 6.07 Å². The van der Waals surface area contributed by atoms with Gasteiger partial charge in [-0.3, -0.25) is 4.79 Å². The summed E-state index contributed by atoms with van der Waals surface area (Å²) in [6.07, 6.45) is 1.58. The number of benzene rings is 1. The molecular weight excluding hydrogens is 190 g/mol. The Morgan fingerprint density at radius 2 is 2.14 bits per heavy atom.